The normalized spacial score (nSPS) is 22.6. The summed E-state index contributed by atoms with van der Waals surface area (Å²) in [4.78, 5) is 11.1. The Morgan fingerprint density at radius 1 is 1.69 bits per heavy atom. The van der Waals surface area contributed by atoms with Crippen molar-refractivity contribution in [3.8, 4) is 0 Å². The molecule has 0 saturated heterocycles. The van der Waals surface area contributed by atoms with Crippen LogP contribution in [-0.2, 0) is 4.79 Å². The second-order valence-corrected chi connectivity index (χ2v) is 3.35. The molecule has 1 rings (SSSR count). The van der Waals surface area contributed by atoms with Gasteiger partial charge in [0.1, 0.15) is 0 Å². The molecule has 4 heteroatoms. The van der Waals surface area contributed by atoms with Crippen molar-refractivity contribution < 1.29 is 9.90 Å². The molecular weight excluding hydrogens is 186 g/mol. The molecule has 3 nitrogen and oxygen atoms in total. The standard InChI is InChI=1S/C9H11NO2S/c1-5-2-3-6(9(11)12)8(13)7(10)4-5/h2-5,13H,10H2,1H3,(H,11,12). The molecule has 0 radical (unpaired) electrons. The van der Waals surface area contributed by atoms with Crippen LogP contribution in [0.15, 0.2) is 34.4 Å². The van der Waals surface area contributed by atoms with Gasteiger partial charge in [-0.3, -0.25) is 0 Å². The number of nitrogens with two attached hydrogens (primary N) is 1. The molecule has 0 bridgehead atoms. The van der Waals surface area contributed by atoms with Gasteiger partial charge in [0.15, 0.2) is 0 Å². The highest BCUT2D eigenvalue weighted by Gasteiger charge is 2.13. The minimum absolute atomic E-state index is 0.138. The summed E-state index contributed by atoms with van der Waals surface area (Å²) in [7, 11) is 0. The van der Waals surface area contributed by atoms with E-state index in [1.165, 1.54) is 6.08 Å². The van der Waals surface area contributed by atoms with Crippen molar-refractivity contribution >= 4 is 18.6 Å². The second-order valence-electron chi connectivity index (χ2n) is 2.91. The number of hydrogen-bond donors (Lipinski definition) is 3. The van der Waals surface area contributed by atoms with Crippen LogP contribution in [0.3, 0.4) is 0 Å². The van der Waals surface area contributed by atoms with Crippen LogP contribution in [0.25, 0.3) is 0 Å². The second kappa shape index (κ2) is 3.70. The Morgan fingerprint density at radius 3 is 2.85 bits per heavy atom. The van der Waals surface area contributed by atoms with Crippen molar-refractivity contribution in [3.63, 3.8) is 0 Å². The molecule has 70 valence electrons. The van der Waals surface area contributed by atoms with Crippen LogP contribution in [0, 0.1) is 5.92 Å². The Balaban J connectivity index is 3.19. The van der Waals surface area contributed by atoms with E-state index in [0.29, 0.717) is 10.6 Å². The van der Waals surface area contributed by atoms with E-state index in [9.17, 15) is 4.79 Å². The SMILES string of the molecule is CC1C=CC(C(=O)O)=C(S)C(N)=C1. The van der Waals surface area contributed by atoms with E-state index in [0.717, 1.165) is 0 Å². The lowest BCUT2D eigenvalue weighted by molar-refractivity contribution is -0.132. The predicted octanol–water partition coefficient (Wildman–Crippen LogP) is 1.30. The van der Waals surface area contributed by atoms with E-state index < -0.39 is 5.97 Å². The van der Waals surface area contributed by atoms with E-state index in [1.54, 1.807) is 12.2 Å². The van der Waals surface area contributed by atoms with Crippen molar-refractivity contribution in [2.75, 3.05) is 0 Å². The third-order valence-electron chi connectivity index (χ3n) is 1.77. The fourth-order valence-electron chi connectivity index (χ4n) is 1.07. The molecule has 1 aliphatic carbocycles. The zero-order valence-electron chi connectivity index (χ0n) is 7.19. The number of rotatable bonds is 1. The molecule has 0 heterocycles. The summed E-state index contributed by atoms with van der Waals surface area (Å²) >= 11 is 4.05. The highest BCUT2D eigenvalue weighted by Crippen LogP contribution is 2.22. The minimum Gasteiger partial charge on any atom is -0.478 e. The summed E-state index contributed by atoms with van der Waals surface area (Å²) in [6, 6.07) is 0. The van der Waals surface area contributed by atoms with Crippen molar-refractivity contribution in [3.05, 3.63) is 34.4 Å². The summed E-state index contributed by atoms with van der Waals surface area (Å²) in [5, 5.41) is 8.80. The largest absolute Gasteiger partial charge is 0.478 e. The Labute approximate surface area is 82.0 Å². The first-order valence-corrected chi connectivity index (χ1v) is 4.29. The first-order valence-electron chi connectivity index (χ1n) is 3.84. The Hall–Kier alpha value is -1.16. The Morgan fingerprint density at radius 2 is 2.31 bits per heavy atom. The number of aliphatic carboxylic acids is 1. The predicted molar refractivity (Wildman–Crippen MR) is 54.2 cm³/mol. The van der Waals surface area contributed by atoms with Gasteiger partial charge in [-0.15, -0.1) is 12.6 Å². The van der Waals surface area contributed by atoms with Gasteiger partial charge >= 0.3 is 5.97 Å². The lowest BCUT2D eigenvalue weighted by Crippen LogP contribution is -2.05. The zero-order valence-corrected chi connectivity index (χ0v) is 8.08. The molecule has 0 saturated carbocycles. The molecule has 0 aliphatic heterocycles. The third kappa shape index (κ3) is 2.15. The number of hydrogen-bond acceptors (Lipinski definition) is 3. The summed E-state index contributed by atoms with van der Waals surface area (Å²) < 4.78 is 0. The third-order valence-corrected chi connectivity index (χ3v) is 2.27. The fourth-order valence-corrected chi connectivity index (χ4v) is 1.32. The zero-order chi connectivity index (χ0) is 10.0. The maximum absolute atomic E-state index is 10.7. The van der Waals surface area contributed by atoms with Crippen molar-refractivity contribution in [1.29, 1.82) is 0 Å². The highest BCUT2D eigenvalue weighted by atomic mass is 32.1. The van der Waals surface area contributed by atoms with Gasteiger partial charge in [-0.25, -0.2) is 4.79 Å². The quantitative estimate of drug-likeness (QED) is 0.555. The van der Waals surface area contributed by atoms with Gasteiger partial charge in [-0.1, -0.05) is 19.1 Å². The van der Waals surface area contributed by atoms with Crippen LogP contribution in [0.4, 0.5) is 0 Å². The molecule has 13 heavy (non-hydrogen) atoms. The molecule has 0 amide bonds. The molecular formula is C9H11NO2S. The average Bonchev–Trinajstić information content (AvgIpc) is 2.13. The molecule has 3 N–H and O–H groups in total. The molecule has 0 fully saturated rings. The summed E-state index contributed by atoms with van der Waals surface area (Å²) in [6.07, 6.45) is 5.08. The molecule has 0 aromatic rings. The first-order chi connectivity index (χ1) is 6.02. The van der Waals surface area contributed by atoms with Gasteiger partial charge in [0.2, 0.25) is 0 Å². The molecule has 0 aromatic carbocycles. The molecule has 0 aromatic heterocycles. The van der Waals surface area contributed by atoms with Gasteiger partial charge in [0.25, 0.3) is 0 Å². The summed E-state index contributed by atoms with van der Waals surface area (Å²) in [5.41, 5.74) is 6.18. The topological polar surface area (TPSA) is 63.3 Å². The maximum atomic E-state index is 10.7. The van der Waals surface area contributed by atoms with E-state index in [-0.39, 0.29) is 11.5 Å². The Kier molecular flexibility index (Phi) is 2.83. The monoisotopic (exact) mass is 197 g/mol. The summed E-state index contributed by atoms with van der Waals surface area (Å²) in [5.74, 6) is -0.870. The van der Waals surface area contributed by atoms with Gasteiger partial charge in [-0.05, 0) is 12.0 Å². The van der Waals surface area contributed by atoms with Crippen LogP contribution in [0.5, 0.6) is 0 Å². The number of carbonyl (C=O) groups is 1. The van der Waals surface area contributed by atoms with Crippen LogP contribution < -0.4 is 5.73 Å². The molecule has 1 aliphatic rings. The van der Waals surface area contributed by atoms with Crippen LogP contribution >= 0.6 is 12.6 Å². The molecule has 1 unspecified atom stereocenters. The number of thiol groups is 1. The smallest absolute Gasteiger partial charge is 0.336 e. The van der Waals surface area contributed by atoms with Gasteiger partial charge in [0, 0.05) is 10.6 Å². The number of carboxylic acid groups (broad SMARTS) is 1. The average molecular weight is 197 g/mol. The molecule has 0 spiro atoms. The lowest BCUT2D eigenvalue weighted by Gasteiger charge is -2.02. The maximum Gasteiger partial charge on any atom is 0.336 e. The van der Waals surface area contributed by atoms with Crippen LogP contribution in [-0.4, -0.2) is 11.1 Å². The van der Waals surface area contributed by atoms with Crippen LogP contribution in [0.2, 0.25) is 0 Å². The van der Waals surface area contributed by atoms with E-state index in [2.05, 4.69) is 12.6 Å². The van der Waals surface area contributed by atoms with E-state index >= 15 is 0 Å². The molecule has 1 atom stereocenters. The van der Waals surface area contributed by atoms with Crippen LogP contribution in [0.1, 0.15) is 6.92 Å². The first kappa shape index (κ1) is 9.92. The van der Waals surface area contributed by atoms with Gasteiger partial charge in [0.05, 0.1) is 5.57 Å². The van der Waals surface area contributed by atoms with Crippen molar-refractivity contribution in [2.24, 2.45) is 11.7 Å². The van der Waals surface area contributed by atoms with E-state index in [1.807, 2.05) is 6.92 Å². The lowest BCUT2D eigenvalue weighted by atomic mass is 10.1. The fraction of sp³-hybridized carbons (Fsp3) is 0.222. The minimum atomic E-state index is -1.01. The van der Waals surface area contributed by atoms with E-state index in [4.69, 9.17) is 10.8 Å². The Bertz CT molecular complexity index is 329. The number of allylic oxidation sites excluding steroid dienone is 2. The number of carboxylic acids is 1. The van der Waals surface area contributed by atoms with Gasteiger partial charge < -0.3 is 10.8 Å². The highest BCUT2D eigenvalue weighted by molar-refractivity contribution is 7.84. The summed E-state index contributed by atoms with van der Waals surface area (Å²) in [6.45, 7) is 1.93. The van der Waals surface area contributed by atoms with Crippen molar-refractivity contribution in [2.45, 2.75) is 6.92 Å². The van der Waals surface area contributed by atoms with Crippen molar-refractivity contribution in [1.82, 2.24) is 0 Å². The van der Waals surface area contributed by atoms with Gasteiger partial charge in [-0.2, -0.15) is 0 Å².